The number of nitrogens with one attached hydrogen (secondary N) is 1. The Morgan fingerprint density at radius 3 is 2.74 bits per heavy atom. The second kappa shape index (κ2) is 4.98. The van der Waals surface area contributed by atoms with Crippen molar-refractivity contribution >= 4 is 12.0 Å². The van der Waals surface area contributed by atoms with Crippen LogP contribution in [-0.2, 0) is 5.41 Å². The summed E-state index contributed by atoms with van der Waals surface area (Å²) in [6, 6.07) is 12.1. The van der Waals surface area contributed by atoms with Crippen LogP contribution in [0.4, 0.5) is 0 Å². The van der Waals surface area contributed by atoms with Gasteiger partial charge in [0.2, 0.25) is 0 Å². The Kier molecular flexibility index (Phi) is 2.88. The van der Waals surface area contributed by atoms with Crippen LogP contribution in [0.15, 0.2) is 64.2 Å². The standard InChI is InChI=1S/C22H16N2O3/c1-22-10-15(22)16(24)9-18-20(22)19(12-4-2-3-5-13(12)21(25)26)14-7-6-11(23)8-17(14)27-18/h2-10,23H,24H2,1H3,(H,25,26)/t22-/m0/s1. The first-order chi connectivity index (χ1) is 12.9. The molecule has 1 aromatic carbocycles. The number of fused-ring (bicyclic) bond motifs is 4. The van der Waals surface area contributed by atoms with Crippen molar-refractivity contribution in [2.24, 2.45) is 5.73 Å². The lowest BCUT2D eigenvalue weighted by molar-refractivity contribution is 0.0697. The van der Waals surface area contributed by atoms with E-state index in [0.29, 0.717) is 28.1 Å². The van der Waals surface area contributed by atoms with E-state index in [2.05, 4.69) is 13.0 Å². The second-order valence-electron chi connectivity index (χ2n) is 7.14. The molecule has 5 rings (SSSR count). The van der Waals surface area contributed by atoms with Crippen molar-refractivity contribution in [3.63, 3.8) is 0 Å². The lowest BCUT2D eigenvalue weighted by atomic mass is 9.78. The zero-order valence-electron chi connectivity index (χ0n) is 14.5. The van der Waals surface area contributed by atoms with Crippen molar-refractivity contribution in [2.75, 3.05) is 0 Å². The second-order valence-corrected chi connectivity index (χ2v) is 7.14. The van der Waals surface area contributed by atoms with Crippen LogP contribution in [0, 0.1) is 5.41 Å². The molecule has 0 aromatic heterocycles. The van der Waals surface area contributed by atoms with E-state index >= 15 is 0 Å². The van der Waals surface area contributed by atoms with Crippen LogP contribution in [0.1, 0.15) is 28.6 Å². The molecular formula is C22H16N2O3. The molecule has 0 radical (unpaired) electrons. The Labute approximate surface area is 154 Å². The zero-order valence-corrected chi connectivity index (χ0v) is 14.5. The molecular weight excluding hydrogens is 340 g/mol. The predicted octanol–water partition coefficient (Wildman–Crippen LogP) is 3.74. The fraction of sp³-hybridized carbons (Fsp3) is 0.0909. The third-order valence-corrected chi connectivity index (χ3v) is 5.42. The molecule has 1 aromatic rings. The largest absolute Gasteiger partial charge is 0.478 e. The monoisotopic (exact) mass is 356 g/mol. The first kappa shape index (κ1) is 15.6. The molecule has 0 amide bonds. The van der Waals surface area contributed by atoms with Crippen LogP contribution in [0.5, 0.6) is 0 Å². The van der Waals surface area contributed by atoms with E-state index in [1.807, 2.05) is 18.2 Å². The highest BCUT2D eigenvalue weighted by Crippen LogP contribution is 2.58. The van der Waals surface area contributed by atoms with Crippen molar-refractivity contribution in [1.82, 2.24) is 0 Å². The molecule has 1 aliphatic heterocycles. The zero-order chi connectivity index (χ0) is 18.9. The van der Waals surface area contributed by atoms with Crippen LogP contribution >= 0.6 is 0 Å². The van der Waals surface area contributed by atoms with Gasteiger partial charge in [0.05, 0.1) is 10.9 Å². The van der Waals surface area contributed by atoms with Gasteiger partial charge in [-0.2, -0.15) is 0 Å². The van der Waals surface area contributed by atoms with Gasteiger partial charge in [0, 0.05) is 39.9 Å². The van der Waals surface area contributed by atoms with E-state index in [9.17, 15) is 9.90 Å². The van der Waals surface area contributed by atoms with Gasteiger partial charge in [-0.05, 0) is 36.3 Å². The van der Waals surface area contributed by atoms with Gasteiger partial charge in [-0.1, -0.05) is 24.3 Å². The van der Waals surface area contributed by atoms with E-state index in [1.54, 1.807) is 30.3 Å². The molecule has 0 saturated carbocycles. The molecule has 4 N–H and O–H groups in total. The number of hydrogen-bond donors (Lipinski definition) is 3. The van der Waals surface area contributed by atoms with Gasteiger partial charge in [0.15, 0.2) is 0 Å². The van der Waals surface area contributed by atoms with Gasteiger partial charge in [0.25, 0.3) is 0 Å². The Balaban J connectivity index is 1.97. The van der Waals surface area contributed by atoms with Gasteiger partial charge in [-0.3, -0.25) is 0 Å². The Morgan fingerprint density at radius 2 is 1.96 bits per heavy atom. The average Bonchev–Trinajstić information content (AvgIpc) is 3.33. The van der Waals surface area contributed by atoms with Crippen LogP contribution in [0.2, 0.25) is 0 Å². The van der Waals surface area contributed by atoms with Gasteiger partial charge in [0.1, 0.15) is 11.5 Å². The minimum absolute atomic E-state index is 0.232. The van der Waals surface area contributed by atoms with Gasteiger partial charge < -0.3 is 20.7 Å². The van der Waals surface area contributed by atoms with Gasteiger partial charge in [-0.25, -0.2) is 4.79 Å². The smallest absolute Gasteiger partial charge is 0.336 e. The summed E-state index contributed by atoms with van der Waals surface area (Å²) in [5, 5.41) is 18.0. The summed E-state index contributed by atoms with van der Waals surface area (Å²) in [7, 11) is 0. The van der Waals surface area contributed by atoms with Crippen molar-refractivity contribution in [2.45, 2.75) is 12.3 Å². The maximum Gasteiger partial charge on any atom is 0.336 e. The summed E-state index contributed by atoms with van der Waals surface area (Å²) in [5.41, 5.74) is 10.9. The van der Waals surface area contributed by atoms with Gasteiger partial charge in [-0.15, -0.1) is 0 Å². The van der Waals surface area contributed by atoms with E-state index in [1.165, 1.54) is 0 Å². The third kappa shape index (κ3) is 2.05. The molecule has 3 aliphatic carbocycles. The maximum atomic E-state index is 11.9. The predicted molar refractivity (Wildman–Crippen MR) is 101 cm³/mol. The minimum atomic E-state index is -0.981. The van der Waals surface area contributed by atoms with Crippen LogP contribution in [0.25, 0.3) is 28.5 Å². The van der Waals surface area contributed by atoms with Crippen molar-refractivity contribution in [3.05, 3.63) is 82.1 Å². The lowest BCUT2D eigenvalue weighted by Gasteiger charge is -2.27. The number of benzene rings is 2. The van der Waals surface area contributed by atoms with Crippen LogP contribution in [-0.4, -0.2) is 11.1 Å². The summed E-state index contributed by atoms with van der Waals surface area (Å²) < 4.78 is 6.10. The Bertz CT molecular complexity index is 1250. The topological polar surface area (TPSA) is 100 Å². The summed E-state index contributed by atoms with van der Waals surface area (Å²) in [6.07, 6.45) is 3.87. The molecule has 1 atom stereocenters. The van der Waals surface area contributed by atoms with E-state index in [4.69, 9.17) is 15.6 Å². The highest BCUT2D eigenvalue weighted by molar-refractivity contribution is 6.01. The quantitative estimate of drug-likeness (QED) is 0.651. The average molecular weight is 356 g/mol. The SMILES string of the molecule is C[C@]12C=C1C(N)=Cc1oc3cc(=N)ccc-3c(-c3ccccc3C(=O)O)c12. The van der Waals surface area contributed by atoms with Gasteiger partial charge >= 0.3 is 5.97 Å². The molecule has 5 heteroatoms. The highest BCUT2D eigenvalue weighted by Gasteiger charge is 2.49. The van der Waals surface area contributed by atoms with Crippen molar-refractivity contribution in [1.29, 1.82) is 5.41 Å². The molecule has 5 nitrogen and oxygen atoms in total. The Hall–Kier alpha value is -3.60. The number of nitrogens with two attached hydrogens (primary N) is 1. The number of carbonyl (C=O) groups is 1. The summed E-state index contributed by atoms with van der Waals surface area (Å²) in [5.74, 6) is 0.166. The fourth-order valence-electron chi connectivity index (χ4n) is 4.09. The molecule has 0 fully saturated rings. The molecule has 132 valence electrons. The molecule has 0 bridgehead atoms. The minimum Gasteiger partial charge on any atom is -0.478 e. The van der Waals surface area contributed by atoms with Crippen molar-refractivity contribution < 1.29 is 14.3 Å². The lowest BCUT2D eigenvalue weighted by Crippen LogP contribution is -2.19. The van der Waals surface area contributed by atoms with E-state index in [0.717, 1.165) is 22.3 Å². The van der Waals surface area contributed by atoms with Crippen LogP contribution in [0.3, 0.4) is 0 Å². The number of allylic oxidation sites excluding steroid dienone is 2. The molecule has 1 heterocycles. The highest BCUT2D eigenvalue weighted by atomic mass is 16.4. The fourth-order valence-corrected chi connectivity index (χ4v) is 4.09. The third-order valence-electron chi connectivity index (χ3n) is 5.42. The molecule has 0 spiro atoms. The normalized spacial score (nSPS) is 19.7. The van der Waals surface area contributed by atoms with Crippen LogP contribution < -0.4 is 11.1 Å². The Morgan fingerprint density at radius 1 is 1.19 bits per heavy atom. The summed E-state index contributed by atoms with van der Waals surface area (Å²) in [6.45, 7) is 2.06. The number of rotatable bonds is 2. The molecule has 0 unspecified atom stereocenters. The van der Waals surface area contributed by atoms with E-state index in [-0.39, 0.29) is 11.0 Å². The molecule has 4 aliphatic rings. The number of carboxylic acids is 1. The van der Waals surface area contributed by atoms with E-state index < -0.39 is 5.97 Å². The summed E-state index contributed by atoms with van der Waals surface area (Å²) >= 11 is 0. The first-order valence-corrected chi connectivity index (χ1v) is 8.59. The molecule has 0 saturated heterocycles. The maximum absolute atomic E-state index is 11.9. The molecule has 27 heavy (non-hydrogen) atoms. The first-order valence-electron chi connectivity index (χ1n) is 8.59. The number of hydrogen-bond acceptors (Lipinski definition) is 4. The number of carboxylic acid groups (broad SMARTS) is 1. The summed E-state index contributed by atoms with van der Waals surface area (Å²) in [4.78, 5) is 11.9. The number of aromatic carboxylic acids is 1. The van der Waals surface area contributed by atoms with Crippen molar-refractivity contribution in [3.8, 4) is 22.5 Å².